The maximum atomic E-state index is 12.1. The highest BCUT2D eigenvalue weighted by Crippen LogP contribution is 2.24. The third-order valence-electron chi connectivity index (χ3n) is 4.44. The molecule has 1 aliphatic carbocycles. The van der Waals surface area contributed by atoms with E-state index in [-0.39, 0.29) is 43.1 Å². The van der Waals surface area contributed by atoms with Gasteiger partial charge in [0.15, 0.2) is 5.78 Å². The van der Waals surface area contributed by atoms with Crippen molar-refractivity contribution in [1.29, 1.82) is 0 Å². The van der Waals surface area contributed by atoms with Gasteiger partial charge < -0.3 is 10.4 Å². The molecule has 0 bridgehead atoms. The molecule has 2 rings (SSSR count). The number of ketones is 1. The molecule has 1 aromatic carbocycles. The van der Waals surface area contributed by atoms with E-state index in [1.165, 1.54) is 0 Å². The minimum absolute atomic E-state index is 0.00231. The van der Waals surface area contributed by atoms with Crippen LogP contribution in [0.2, 0.25) is 0 Å². The number of aryl methyl sites for hydroxylation is 1. The Bertz CT molecular complexity index is 510. The highest BCUT2D eigenvalue weighted by atomic mass is 16.3. The molecule has 2 unspecified atom stereocenters. The van der Waals surface area contributed by atoms with Crippen molar-refractivity contribution in [3.05, 3.63) is 35.4 Å². The number of nitrogens with one attached hydrogen (secondary N) is 1. The molecule has 0 saturated heterocycles. The molecule has 0 spiro atoms. The van der Waals surface area contributed by atoms with Crippen LogP contribution in [0.4, 0.5) is 0 Å². The Morgan fingerprint density at radius 2 is 1.82 bits per heavy atom. The van der Waals surface area contributed by atoms with E-state index in [1.807, 2.05) is 19.1 Å². The highest BCUT2D eigenvalue weighted by molar-refractivity contribution is 5.97. The van der Waals surface area contributed by atoms with Crippen LogP contribution in [0.15, 0.2) is 24.3 Å². The lowest BCUT2D eigenvalue weighted by atomic mass is 9.85. The SMILES string of the molecule is Cc1ccc(C(=O)CCC(=O)NC2CCCCC2CO)cc1. The lowest BCUT2D eigenvalue weighted by Gasteiger charge is -2.30. The normalized spacial score (nSPS) is 21.4. The fourth-order valence-electron chi connectivity index (χ4n) is 3.01. The number of benzene rings is 1. The molecule has 120 valence electrons. The first-order chi connectivity index (χ1) is 10.6. The number of rotatable bonds is 6. The summed E-state index contributed by atoms with van der Waals surface area (Å²) < 4.78 is 0. The zero-order valence-electron chi connectivity index (χ0n) is 13.2. The third-order valence-corrected chi connectivity index (χ3v) is 4.44. The molecule has 1 aromatic rings. The van der Waals surface area contributed by atoms with E-state index in [0.717, 1.165) is 31.2 Å². The van der Waals surface area contributed by atoms with Gasteiger partial charge in [0.2, 0.25) is 5.91 Å². The summed E-state index contributed by atoms with van der Waals surface area (Å²) in [6.07, 6.45) is 4.52. The fourth-order valence-corrected chi connectivity index (χ4v) is 3.01. The number of carbonyl (C=O) groups is 2. The summed E-state index contributed by atoms with van der Waals surface area (Å²) in [7, 11) is 0. The summed E-state index contributed by atoms with van der Waals surface area (Å²) in [5.74, 6) is 0.0637. The Hall–Kier alpha value is -1.68. The van der Waals surface area contributed by atoms with E-state index in [1.54, 1.807) is 12.1 Å². The number of hydrogen-bond acceptors (Lipinski definition) is 3. The number of aliphatic hydroxyl groups excluding tert-OH is 1. The minimum atomic E-state index is -0.0918. The van der Waals surface area contributed by atoms with Crippen molar-refractivity contribution in [2.24, 2.45) is 5.92 Å². The van der Waals surface area contributed by atoms with Gasteiger partial charge in [0, 0.05) is 37.0 Å². The van der Waals surface area contributed by atoms with Gasteiger partial charge in [0.25, 0.3) is 0 Å². The van der Waals surface area contributed by atoms with Crippen molar-refractivity contribution in [1.82, 2.24) is 5.32 Å². The van der Waals surface area contributed by atoms with Gasteiger partial charge in [-0.1, -0.05) is 42.7 Å². The van der Waals surface area contributed by atoms with E-state index in [0.29, 0.717) is 5.56 Å². The lowest BCUT2D eigenvalue weighted by molar-refractivity contribution is -0.122. The molecule has 1 aliphatic rings. The van der Waals surface area contributed by atoms with Crippen LogP contribution < -0.4 is 5.32 Å². The molecule has 0 radical (unpaired) electrons. The molecular formula is C18H25NO3. The molecule has 22 heavy (non-hydrogen) atoms. The first-order valence-corrected chi connectivity index (χ1v) is 8.10. The topological polar surface area (TPSA) is 66.4 Å². The molecular weight excluding hydrogens is 278 g/mol. The molecule has 0 aromatic heterocycles. The summed E-state index contributed by atoms with van der Waals surface area (Å²) in [6.45, 7) is 2.09. The van der Waals surface area contributed by atoms with Gasteiger partial charge in [0.1, 0.15) is 0 Å². The Morgan fingerprint density at radius 1 is 1.14 bits per heavy atom. The van der Waals surface area contributed by atoms with Crippen LogP contribution in [-0.4, -0.2) is 29.4 Å². The van der Waals surface area contributed by atoms with Crippen molar-refractivity contribution in [3.63, 3.8) is 0 Å². The van der Waals surface area contributed by atoms with Crippen LogP contribution in [0.5, 0.6) is 0 Å². The summed E-state index contributed by atoms with van der Waals surface area (Å²) in [5.41, 5.74) is 1.77. The van der Waals surface area contributed by atoms with Crippen molar-refractivity contribution in [2.75, 3.05) is 6.61 Å². The maximum Gasteiger partial charge on any atom is 0.220 e. The molecule has 4 heteroatoms. The van der Waals surface area contributed by atoms with Crippen molar-refractivity contribution < 1.29 is 14.7 Å². The van der Waals surface area contributed by atoms with E-state index in [9.17, 15) is 14.7 Å². The van der Waals surface area contributed by atoms with Gasteiger partial charge in [-0.3, -0.25) is 9.59 Å². The minimum Gasteiger partial charge on any atom is -0.396 e. The number of amides is 1. The Balaban J connectivity index is 1.79. The lowest BCUT2D eigenvalue weighted by Crippen LogP contribution is -2.43. The molecule has 0 heterocycles. The van der Waals surface area contributed by atoms with Crippen molar-refractivity contribution in [2.45, 2.75) is 51.5 Å². The van der Waals surface area contributed by atoms with Gasteiger partial charge in [-0.15, -0.1) is 0 Å². The van der Waals surface area contributed by atoms with Gasteiger partial charge in [-0.25, -0.2) is 0 Å². The summed E-state index contributed by atoms with van der Waals surface area (Å²) in [4.78, 5) is 24.1. The fraction of sp³-hybridized carbons (Fsp3) is 0.556. The second kappa shape index (κ2) is 8.08. The smallest absolute Gasteiger partial charge is 0.220 e. The maximum absolute atomic E-state index is 12.1. The van der Waals surface area contributed by atoms with Crippen LogP contribution >= 0.6 is 0 Å². The van der Waals surface area contributed by atoms with Crippen LogP contribution in [0.1, 0.15) is 54.4 Å². The summed E-state index contributed by atoms with van der Waals surface area (Å²) in [5, 5.41) is 12.3. The zero-order chi connectivity index (χ0) is 15.9. The molecule has 2 N–H and O–H groups in total. The third kappa shape index (κ3) is 4.67. The Labute approximate surface area is 131 Å². The van der Waals surface area contributed by atoms with Crippen molar-refractivity contribution >= 4 is 11.7 Å². The first-order valence-electron chi connectivity index (χ1n) is 8.10. The van der Waals surface area contributed by atoms with Gasteiger partial charge in [-0.05, 0) is 19.8 Å². The molecule has 1 amide bonds. The standard InChI is InChI=1S/C18H25NO3/c1-13-6-8-14(9-7-13)17(21)10-11-18(22)19-16-5-3-2-4-15(16)12-20/h6-9,15-16,20H,2-5,10-12H2,1H3,(H,19,22). The number of hydrogen-bond donors (Lipinski definition) is 2. The average Bonchev–Trinajstić information content (AvgIpc) is 2.54. The van der Waals surface area contributed by atoms with E-state index in [4.69, 9.17) is 0 Å². The predicted octanol–water partition coefficient (Wildman–Crippen LogP) is 2.63. The van der Waals surface area contributed by atoms with Crippen molar-refractivity contribution in [3.8, 4) is 0 Å². The highest BCUT2D eigenvalue weighted by Gasteiger charge is 2.25. The second-order valence-corrected chi connectivity index (χ2v) is 6.19. The summed E-state index contributed by atoms with van der Waals surface area (Å²) >= 11 is 0. The van der Waals surface area contributed by atoms with Gasteiger partial charge >= 0.3 is 0 Å². The Morgan fingerprint density at radius 3 is 2.50 bits per heavy atom. The molecule has 1 saturated carbocycles. The van der Waals surface area contributed by atoms with Crippen LogP contribution in [-0.2, 0) is 4.79 Å². The Kier molecular flexibility index (Phi) is 6.13. The van der Waals surface area contributed by atoms with Gasteiger partial charge in [0.05, 0.1) is 0 Å². The van der Waals surface area contributed by atoms with Gasteiger partial charge in [-0.2, -0.15) is 0 Å². The van der Waals surface area contributed by atoms with Crippen LogP contribution in [0, 0.1) is 12.8 Å². The molecule has 4 nitrogen and oxygen atoms in total. The van der Waals surface area contributed by atoms with E-state index in [2.05, 4.69) is 5.32 Å². The molecule has 0 aliphatic heterocycles. The molecule has 2 atom stereocenters. The van der Waals surface area contributed by atoms with Crippen LogP contribution in [0.3, 0.4) is 0 Å². The first kappa shape index (κ1) is 16.7. The quantitative estimate of drug-likeness (QED) is 0.794. The zero-order valence-corrected chi connectivity index (χ0v) is 13.2. The number of carbonyl (C=O) groups excluding carboxylic acids is 2. The number of aliphatic hydroxyl groups is 1. The predicted molar refractivity (Wildman–Crippen MR) is 85.7 cm³/mol. The summed E-state index contributed by atoms with van der Waals surface area (Å²) in [6, 6.07) is 7.47. The molecule has 1 fully saturated rings. The number of Topliss-reactive ketones (excluding diaryl/α,β-unsaturated/α-hetero) is 1. The second-order valence-electron chi connectivity index (χ2n) is 6.19. The van der Waals surface area contributed by atoms with E-state index >= 15 is 0 Å². The average molecular weight is 303 g/mol. The largest absolute Gasteiger partial charge is 0.396 e. The van der Waals surface area contributed by atoms with E-state index < -0.39 is 0 Å². The monoisotopic (exact) mass is 303 g/mol. The van der Waals surface area contributed by atoms with Crippen LogP contribution in [0.25, 0.3) is 0 Å².